The Hall–Kier alpha value is -1.31. The van der Waals surface area contributed by atoms with Crippen LogP contribution in [0.4, 0.5) is 0 Å². The Labute approximate surface area is 109 Å². The van der Waals surface area contributed by atoms with Crippen molar-refractivity contribution in [3.8, 4) is 0 Å². The highest BCUT2D eigenvalue weighted by Gasteiger charge is 2.08. The Kier molecular flexibility index (Phi) is 5.75. The molecule has 0 amide bonds. The highest BCUT2D eigenvalue weighted by atomic mass is 35.5. The molecule has 0 bridgehead atoms. The maximum atomic E-state index is 3.37. The van der Waals surface area contributed by atoms with E-state index in [4.69, 9.17) is 0 Å². The van der Waals surface area contributed by atoms with E-state index in [9.17, 15) is 0 Å². The van der Waals surface area contributed by atoms with Gasteiger partial charge in [-0.15, -0.1) is 12.4 Å². The topological polar surface area (TPSA) is 12.0 Å². The molecule has 1 nitrogen and oxygen atoms in total. The molecular weight excluding hydrogens is 230 g/mol. The highest BCUT2D eigenvalue weighted by molar-refractivity contribution is 5.85. The molecule has 2 aromatic carbocycles. The predicted molar refractivity (Wildman–Crippen MR) is 75.6 cm³/mol. The van der Waals surface area contributed by atoms with Gasteiger partial charge in [0.05, 0.1) is 0 Å². The fourth-order valence-corrected chi connectivity index (χ4v) is 1.92. The summed E-state index contributed by atoms with van der Waals surface area (Å²) >= 11 is 0. The second-order valence-corrected chi connectivity index (χ2v) is 3.94. The molecule has 1 atom stereocenters. The van der Waals surface area contributed by atoms with Gasteiger partial charge in [-0.05, 0) is 24.6 Å². The van der Waals surface area contributed by atoms with Gasteiger partial charge in [0.25, 0.3) is 0 Å². The lowest BCUT2D eigenvalue weighted by atomic mass is 9.99. The number of hydrogen-bond acceptors (Lipinski definition) is 1. The summed E-state index contributed by atoms with van der Waals surface area (Å²) in [5.74, 6) is 0. The van der Waals surface area contributed by atoms with Crippen LogP contribution in [0, 0.1) is 0 Å². The first-order valence-electron chi connectivity index (χ1n) is 5.66. The second-order valence-electron chi connectivity index (χ2n) is 3.94. The van der Waals surface area contributed by atoms with Crippen LogP contribution < -0.4 is 5.32 Å². The molecule has 0 aliphatic heterocycles. The summed E-state index contributed by atoms with van der Waals surface area (Å²) in [5.41, 5.74) is 2.71. The summed E-state index contributed by atoms with van der Waals surface area (Å²) in [5, 5.41) is 3.37. The molecule has 0 saturated carbocycles. The average molecular weight is 248 g/mol. The first-order chi connectivity index (χ1) is 7.90. The van der Waals surface area contributed by atoms with Gasteiger partial charge in [-0.1, -0.05) is 60.7 Å². The zero-order valence-electron chi connectivity index (χ0n) is 9.97. The van der Waals surface area contributed by atoms with Crippen molar-refractivity contribution in [3.05, 3.63) is 71.8 Å². The Bertz CT molecular complexity index is 413. The first kappa shape index (κ1) is 13.8. The van der Waals surface area contributed by atoms with E-state index in [0.29, 0.717) is 6.04 Å². The standard InChI is InChI=1S/C15H17N.ClH/c1-16-15(14-10-6-3-7-11-14)12-13-8-4-2-5-9-13;/h2-11,15-16H,12H2,1H3;1H. The van der Waals surface area contributed by atoms with Crippen molar-refractivity contribution in [1.82, 2.24) is 5.32 Å². The Morgan fingerprint density at radius 3 is 1.94 bits per heavy atom. The molecule has 17 heavy (non-hydrogen) atoms. The summed E-state index contributed by atoms with van der Waals surface area (Å²) in [7, 11) is 2.01. The molecule has 0 fully saturated rings. The summed E-state index contributed by atoms with van der Waals surface area (Å²) in [6.07, 6.45) is 1.03. The quantitative estimate of drug-likeness (QED) is 0.870. The van der Waals surface area contributed by atoms with E-state index in [1.54, 1.807) is 0 Å². The first-order valence-corrected chi connectivity index (χ1v) is 5.66. The van der Waals surface area contributed by atoms with Crippen LogP contribution >= 0.6 is 12.4 Å². The molecule has 0 heterocycles. The van der Waals surface area contributed by atoms with Crippen molar-refractivity contribution in [2.75, 3.05) is 7.05 Å². The fraction of sp³-hybridized carbons (Fsp3) is 0.200. The van der Waals surface area contributed by atoms with Crippen LogP contribution in [-0.4, -0.2) is 7.05 Å². The van der Waals surface area contributed by atoms with Crippen LogP contribution in [0.5, 0.6) is 0 Å². The van der Waals surface area contributed by atoms with Crippen molar-refractivity contribution in [3.63, 3.8) is 0 Å². The number of rotatable bonds is 4. The molecule has 0 saturated heterocycles. The second kappa shape index (κ2) is 7.10. The van der Waals surface area contributed by atoms with Crippen LogP contribution in [0.1, 0.15) is 17.2 Å². The van der Waals surface area contributed by atoms with Gasteiger partial charge in [0.1, 0.15) is 0 Å². The van der Waals surface area contributed by atoms with Gasteiger partial charge in [0.15, 0.2) is 0 Å². The van der Waals surface area contributed by atoms with Gasteiger partial charge in [-0.25, -0.2) is 0 Å². The predicted octanol–water partition coefficient (Wildman–Crippen LogP) is 3.61. The zero-order valence-corrected chi connectivity index (χ0v) is 10.8. The third-order valence-electron chi connectivity index (χ3n) is 2.83. The molecular formula is C15H18ClN. The maximum Gasteiger partial charge on any atom is 0.0358 e. The minimum absolute atomic E-state index is 0. The van der Waals surface area contributed by atoms with Gasteiger partial charge in [-0.2, -0.15) is 0 Å². The van der Waals surface area contributed by atoms with Gasteiger partial charge < -0.3 is 5.32 Å². The molecule has 1 N–H and O–H groups in total. The van der Waals surface area contributed by atoms with E-state index >= 15 is 0 Å². The summed E-state index contributed by atoms with van der Waals surface area (Å²) in [6, 6.07) is 21.5. The third kappa shape index (κ3) is 3.88. The minimum atomic E-state index is 0. The fourth-order valence-electron chi connectivity index (χ4n) is 1.92. The van der Waals surface area contributed by atoms with Gasteiger partial charge in [0.2, 0.25) is 0 Å². The molecule has 2 aromatic rings. The highest BCUT2D eigenvalue weighted by Crippen LogP contribution is 2.17. The monoisotopic (exact) mass is 247 g/mol. The SMILES string of the molecule is CNC(Cc1ccccc1)c1ccccc1.Cl. The van der Waals surface area contributed by atoms with Crippen molar-refractivity contribution < 1.29 is 0 Å². The van der Waals surface area contributed by atoms with E-state index in [1.807, 2.05) is 7.05 Å². The van der Waals surface area contributed by atoms with E-state index in [2.05, 4.69) is 66.0 Å². The van der Waals surface area contributed by atoms with Crippen LogP contribution in [0.2, 0.25) is 0 Å². The molecule has 90 valence electrons. The number of halogens is 1. The molecule has 2 rings (SSSR count). The van der Waals surface area contributed by atoms with E-state index < -0.39 is 0 Å². The van der Waals surface area contributed by atoms with Crippen molar-refractivity contribution in [1.29, 1.82) is 0 Å². The molecule has 0 spiro atoms. The summed E-state index contributed by atoms with van der Waals surface area (Å²) in [6.45, 7) is 0. The molecule has 0 radical (unpaired) electrons. The number of hydrogen-bond donors (Lipinski definition) is 1. The molecule has 0 aromatic heterocycles. The molecule has 2 heteroatoms. The lowest BCUT2D eigenvalue weighted by Gasteiger charge is -2.16. The largest absolute Gasteiger partial charge is 0.313 e. The van der Waals surface area contributed by atoms with E-state index in [1.165, 1.54) is 11.1 Å². The number of benzene rings is 2. The van der Waals surface area contributed by atoms with Crippen molar-refractivity contribution in [2.45, 2.75) is 12.5 Å². The Morgan fingerprint density at radius 2 is 1.41 bits per heavy atom. The smallest absolute Gasteiger partial charge is 0.0358 e. The number of likely N-dealkylation sites (N-methyl/N-ethyl adjacent to an activating group) is 1. The normalized spacial score (nSPS) is 11.6. The number of nitrogens with one attached hydrogen (secondary N) is 1. The van der Waals surface area contributed by atoms with Crippen LogP contribution in [0.3, 0.4) is 0 Å². The lowest BCUT2D eigenvalue weighted by molar-refractivity contribution is 0.592. The molecule has 0 aliphatic rings. The molecule has 1 unspecified atom stereocenters. The third-order valence-corrected chi connectivity index (χ3v) is 2.83. The average Bonchev–Trinajstić information content (AvgIpc) is 2.38. The van der Waals surface area contributed by atoms with Gasteiger partial charge in [0, 0.05) is 6.04 Å². The van der Waals surface area contributed by atoms with E-state index in [0.717, 1.165) is 6.42 Å². The van der Waals surface area contributed by atoms with Crippen LogP contribution in [-0.2, 0) is 6.42 Å². The van der Waals surface area contributed by atoms with Crippen molar-refractivity contribution in [2.24, 2.45) is 0 Å². The Balaban J connectivity index is 0.00000144. The minimum Gasteiger partial charge on any atom is -0.313 e. The maximum absolute atomic E-state index is 3.37. The zero-order chi connectivity index (χ0) is 11.2. The molecule has 0 aliphatic carbocycles. The van der Waals surface area contributed by atoms with Gasteiger partial charge in [-0.3, -0.25) is 0 Å². The van der Waals surface area contributed by atoms with Gasteiger partial charge >= 0.3 is 0 Å². The van der Waals surface area contributed by atoms with Crippen LogP contribution in [0.25, 0.3) is 0 Å². The summed E-state index contributed by atoms with van der Waals surface area (Å²) < 4.78 is 0. The van der Waals surface area contributed by atoms with Crippen LogP contribution in [0.15, 0.2) is 60.7 Å². The Morgan fingerprint density at radius 1 is 0.882 bits per heavy atom. The summed E-state index contributed by atoms with van der Waals surface area (Å²) in [4.78, 5) is 0. The lowest BCUT2D eigenvalue weighted by Crippen LogP contribution is -2.18. The van der Waals surface area contributed by atoms with Crippen molar-refractivity contribution >= 4 is 12.4 Å². The van der Waals surface area contributed by atoms with E-state index in [-0.39, 0.29) is 12.4 Å².